The first-order chi connectivity index (χ1) is 10.3. The molecule has 0 radical (unpaired) electrons. The quantitative estimate of drug-likeness (QED) is 0.795. The fraction of sp³-hybridized carbons (Fsp3) is 0.214. The number of rotatable bonds is 4. The SMILES string of the molecule is CC=C(B1OB(/C=C/C)OB(/C=C/C)O1)c1ccccn1. The molecule has 0 bridgehead atoms. The van der Waals surface area contributed by atoms with Crippen LogP contribution in [-0.2, 0) is 13.7 Å². The Balaban J connectivity index is 2.23. The van der Waals surface area contributed by atoms with Crippen LogP contribution < -0.4 is 0 Å². The molecule has 2 heterocycles. The molecule has 0 spiro atoms. The van der Waals surface area contributed by atoms with Gasteiger partial charge in [-0.2, -0.15) is 0 Å². The molecule has 0 N–H and O–H groups in total. The third-order valence-corrected chi connectivity index (χ3v) is 3.01. The highest BCUT2D eigenvalue weighted by Gasteiger charge is 2.40. The lowest BCUT2D eigenvalue weighted by molar-refractivity contribution is 0.307. The van der Waals surface area contributed by atoms with Crippen molar-refractivity contribution < 1.29 is 13.7 Å². The molecule has 0 saturated carbocycles. The molecule has 21 heavy (non-hydrogen) atoms. The third-order valence-electron chi connectivity index (χ3n) is 3.01. The second-order valence-electron chi connectivity index (χ2n) is 4.49. The van der Waals surface area contributed by atoms with Gasteiger partial charge in [-0.25, -0.2) is 0 Å². The Morgan fingerprint density at radius 2 is 1.67 bits per heavy atom. The summed E-state index contributed by atoms with van der Waals surface area (Å²) in [6.07, 6.45) is 7.51. The molecule has 7 heteroatoms. The predicted octanol–water partition coefficient (Wildman–Crippen LogP) is 2.78. The van der Waals surface area contributed by atoms with Crippen LogP contribution in [0.1, 0.15) is 26.5 Å². The molecule has 2 rings (SSSR count). The molecule has 0 aliphatic carbocycles. The lowest BCUT2D eigenvalue weighted by atomic mass is 9.64. The Labute approximate surface area is 127 Å². The Morgan fingerprint density at radius 3 is 2.14 bits per heavy atom. The molecule has 1 aromatic heterocycles. The molecular weight excluding hydrogens is 263 g/mol. The fourth-order valence-electron chi connectivity index (χ4n) is 2.05. The van der Waals surface area contributed by atoms with E-state index < -0.39 is 21.4 Å². The maximum Gasteiger partial charge on any atom is 0.468 e. The Kier molecular flexibility index (Phi) is 6.05. The van der Waals surface area contributed by atoms with Crippen LogP contribution in [0, 0.1) is 0 Å². The molecule has 0 amide bonds. The summed E-state index contributed by atoms with van der Waals surface area (Å²) in [5.74, 6) is 3.72. The summed E-state index contributed by atoms with van der Waals surface area (Å²) in [4.78, 5) is 4.36. The number of hydrogen-bond donors (Lipinski definition) is 0. The molecule has 0 atom stereocenters. The topological polar surface area (TPSA) is 40.6 Å². The normalized spacial score (nSPS) is 17.3. The van der Waals surface area contributed by atoms with E-state index in [0.29, 0.717) is 0 Å². The lowest BCUT2D eigenvalue weighted by Crippen LogP contribution is -2.48. The minimum absolute atomic E-state index is 0.436. The van der Waals surface area contributed by atoms with Crippen LogP contribution in [0.5, 0.6) is 0 Å². The number of allylic oxidation sites excluding steroid dienone is 3. The predicted molar refractivity (Wildman–Crippen MR) is 88.0 cm³/mol. The molecule has 1 aliphatic heterocycles. The zero-order valence-corrected chi connectivity index (χ0v) is 12.6. The van der Waals surface area contributed by atoms with Crippen molar-refractivity contribution in [3.63, 3.8) is 0 Å². The minimum Gasteiger partial charge on any atom is -0.445 e. The highest BCUT2D eigenvalue weighted by atomic mass is 16.7. The molecular formula is C14H18B3NO3. The van der Waals surface area contributed by atoms with Gasteiger partial charge in [0, 0.05) is 11.7 Å². The zero-order valence-electron chi connectivity index (χ0n) is 12.6. The van der Waals surface area contributed by atoms with E-state index in [1.54, 1.807) is 6.20 Å². The molecule has 0 aromatic carbocycles. The minimum atomic E-state index is -0.513. The highest BCUT2D eigenvalue weighted by Crippen LogP contribution is 2.22. The maximum absolute atomic E-state index is 5.84. The molecule has 1 aromatic rings. The van der Waals surface area contributed by atoms with Crippen molar-refractivity contribution in [2.75, 3.05) is 0 Å². The molecule has 1 aliphatic rings. The number of pyridine rings is 1. The summed E-state index contributed by atoms with van der Waals surface area (Å²) in [5, 5.41) is 0. The van der Waals surface area contributed by atoms with Crippen LogP contribution in [-0.4, -0.2) is 26.3 Å². The first-order valence-corrected chi connectivity index (χ1v) is 7.08. The molecule has 4 nitrogen and oxygen atoms in total. The Morgan fingerprint density at radius 1 is 1.00 bits per heavy atom. The van der Waals surface area contributed by atoms with Crippen LogP contribution >= 0.6 is 0 Å². The summed E-state index contributed by atoms with van der Waals surface area (Å²) in [6.45, 7) is 5.80. The van der Waals surface area contributed by atoms with Gasteiger partial charge in [-0.05, 0) is 32.9 Å². The molecule has 0 unspecified atom stereocenters. The van der Waals surface area contributed by atoms with Crippen molar-refractivity contribution >= 4 is 26.8 Å². The van der Waals surface area contributed by atoms with E-state index in [-0.39, 0.29) is 0 Å². The van der Waals surface area contributed by atoms with Crippen LogP contribution in [0.3, 0.4) is 0 Å². The highest BCUT2D eigenvalue weighted by molar-refractivity contribution is 6.84. The van der Waals surface area contributed by atoms with Gasteiger partial charge < -0.3 is 13.7 Å². The van der Waals surface area contributed by atoms with Gasteiger partial charge in [0.2, 0.25) is 0 Å². The van der Waals surface area contributed by atoms with Crippen LogP contribution in [0.25, 0.3) is 5.47 Å². The summed E-state index contributed by atoms with van der Waals surface area (Å²) in [6, 6.07) is 5.76. The second-order valence-corrected chi connectivity index (χ2v) is 4.49. The van der Waals surface area contributed by atoms with E-state index >= 15 is 0 Å². The van der Waals surface area contributed by atoms with E-state index in [1.807, 2.05) is 69.1 Å². The molecule has 106 valence electrons. The van der Waals surface area contributed by atoms with Crippen molar-refractivity contribution in [3.05, 3.63) is 60.3 Å². The van der Waals surface area contributed by atoms with E-state index in [1.165, 1.54) is 0 Å². The standard InChI is InChI=1S/C14H18B3NO3/c1-4-10-15-19-16(11-5-2)21-17(20-15)13(6-3)14-9-7-8-12-18-14/h4-12H,1-3H3/b10-4+,11-5+,13-6?. The van der Waals surface area contributed by atoms with Crippen molar-refractivity contribution in [3.8, 4) is 0 Å². The van der Waals surface area contributed by atoms with Crippen LogP contribution in [0.4, 0.5) is 0 Å². The second kappa shape index (κ2) is 8.03. The van der Waals surface area contributed by atoms with Gasteiger partial charge in [-0.15, -0.1) is 0 Å². The average molecular weight is 281 g/mol. The smallest absolute Gasteiger partial charge is 0.445 e. The van der Waals surface area contributed by atoms with Gasteiger partial charge in [0.1, 0.15) is 0 Å². The van der Waals surface area contributed by atoms with Crippen molar-refractivity contribution in [2.24, 2.45) is 0 Å². The van der Waals surface area contributed by atoms with Crippen LogP contribution in [0.15, 0.2) is 54.6 Å². The summed E-state index contributed by atoms with van der Waals surface area (Å²) < 4.78 is 17.3. The summed E-state index contributed by atoms with van der Waals surface area (Å²) >= 11 is 0. The van der Waals surface area contributed by atoms with Crippen molar-refractivity contribution in [1.82, 2.24) is 4.98 Å². The largest absolute Gasteiger partial charge is 0.468 e. The zero-order chi connectivity index (χ0) is 15.1. The molecule has 1 fully saturated rings. The van der Waals surface area contributed by atoms with E-state index in [0.717, 1.165) is 11.2 Å². The van der Waals surface area contributed by atoms with Gasteiger partial charge in [0.05, 0.1) is 5.69 Å². The van der Waals surface area contributed by atoms with Gasteiger partial charge in [0.15, 0.2) is 0 Å². The van der Waals surface area contributed by atoms with Gasteiger partial charge >= 0.3 is 21.4 Å². The van der Waals surface area contributed by atoms with E-state index in [2.05, 4.69) is 4.98 Å². The first-order valence-electron chi connectivity index (χ1n) is 7.08. The molecule has 1 saturated heterocycles. The maximum atomic E-state index is 5.84. The van der Waals surface area contributed by atoms with Gasteiger partial charge in [0.25, 0.3) is 0 Å². The Hall–Kier alpha value is -1.56. The van der Waals surface area contributed by atoms with Crippen molar-refractivity contribution in [2.45, 2.75) is 20.8 Å². The summed E-state index contributed by atoms with van der Waals surface area (Å²) in [5.41, 5.74) is 1.73. The third kappa shape index (κ3) is 4.20. The van der Waals surface area contributed by atoms with Gasteiger partial charge in [-0.1, -0.05) is 36.2 Å². The Bertz CT molecular complexity index is 514. The lowest BCUT2D eigenvalue weighted by Gasteiger charge is -2.29. The first kappa shape index (κ1) is 15.8. The number of hydrogen-bond acceptors (Lipinski definition) is 4. The van der Waals surface area contributed by atoms with E-state index in [9.17, 15) is 0 Å². The monoisotopic (exact) mass is 281 g/mol. The van der Waals surface area contributed by atoms with E-state index in [4.69, 9.17) is 13.7 Å². The van der Waals surface area contributed by atoms with Crippen molar-refractivity contribution in [1.29, 1.82) is 0 Å². The summed E-state index contributed by atoms with van der Waals surface area (Å²) in [7, 11) is -1.39. The van der Waals surface area contributed by atoms with Crippen LogP contribution in [0.2, 0.25) is 0 Å². The fourth-order valence-corrected chi connectivity index (χ4v) is 2.05. The van der Waals surface area contributed by atoms with Gasteiger partial charge in [-0.3, -0.25) is 4.98 Å². The average Bonchev–Trinajstić information content (AvgIpc) is 2.50. The number of aromatic nitrogens is 1. The number of nitrogens with zero attached hydrogens (tertiary/aromatic N) is 1.